The highest BCUT2D eigenvalue weighted by Crippen LogP contribution is 2.30. The molecule has 0 saturated carbocycles. The van der Waals surface area contributed by atoms with Crippen molar-refractivity contribution in [3.8, 4) is 6.07 Å². The van der Waals surface area contributed by atoms with Crippen molar-refractivity contribution in [2.45, 2.75) is 39.3 Å². The summed E-state index contributed by atoms with van der Waals surface area (Å²) in [6.07, 6.45) is 1.74. The molecule has 1 aromatic rings. The van der Waals surface area contributed by atoms with Crippen LogP contribution in [0.4, 0.5) is 11.5 Å². The van der Waals surface area contributed by atoms with Gasteiger partial charge < -0.3 is 5.32 Å². The fraction of sp³-hybridized carbons (Fsp3) is 0.692. The fourth-order valence-corrected chi connectivity index (χ4v) is 2.69. The van der Waals surface area contributed by atoms with Gasteiger partial charge in [-0.2, -0.15) is 10.4 Å². The number of nitro groups is 1. The lowest BCUT2D eigenvalue weighted by molar-refractivity contribution is -0.384. The van der Waals surface area contributed by atoms with Crippen LogP contribution >= 0.6 is 0 Å². The third-order valence-electron chi connectivity index (χ3n) is 3.80. The number of nitriles is 1. The number of rotatable bonds is 5. The Balaban J connectivity index is 2.10. The Morgan fingerprint density at radius 2 is 2.19 bits per heavy atom. The van der Waals surface area contributed by atoms with Crippen LogP contribution in [0.1, 0.15) is 25.5 Å². The SMILES string of the molecule is CCn1nc(C)c([N+](=O)[O-])c1NC1CCN(CC#N)CC1. The summed E-state index contributed by atoms with van der Waals surface area (Å²) < 4.78 is 1.65. The predicted molar refractivity (Wildman–Crippen MR) is 78.0 cm³/mol. The van der Waals surface area contributed by atoms with Crippen LogP contribution < -0.4 is 5.32 Å². The minimum absolute atomic E-state index is 0.0660. The van der Waals surface area contributed by atoms with E-state index in [-0.39, 0.29) is 16.7 Å². The lowest BCUT2D eigenvalue weighted by Gasteiger charge is -2.31. The second-order valence-corrected chi connectivity index (χ2v) is 5.21. The van der Waals surface area contributed by atoms with Crippen molar-refractivity contribution in [3.05, 3.63) is 15.8 Å². The van der Waals surface area contributed by atoms with E-state index in [0.717, 1.165) is 25.9 Å². The summed E-state index contributed by atoms with van der Waals surface area (Å²) in [5.41, 5.74) is 0.502. The first-order valence-electron chi connectivity index (χ1n) is 7.14. The van der Waals surface area contributed by atoms with Crippen LogP contribution in [0.25, 0.3) is 0 Å². The van der Waals surface area contributed by atoms with Gasteiger partial charge in [-0.3, -0.25) is 15.0 Å². The maximum atomic E-state index is 11.2. The molecule has 0 bridgehead atoms. The van der Waals surface area contributed by atoms with E-state index in [2.05, 4.69) is 21.4 Å². The van der Waals surface area contributed by atoms with E-state index in [1.54, 1.807) is 11.6 Å². The number of aromatic nitrogens is 2. The van der Waals surface area contributed by atoms with Crippen LogP contribution in [-0.2, 0) is 6.54 Å². The van der Waals surface area contributed by atoms with Crippen LogP contribution in [0.2, 0.25) is 0 Å². The van der Waals surface area contributed by atoms with Crippen molar-refractivity contribution >= 4 is 11.5 Å². The summed E-state index contributed by atoms with van der Waals surface area (Å²) in [7, 11) is 0. The first kappa shape index (κ1) is 15.3. The average Bonchev–Trinajstić information content (AvgIpc) is 2.77. The van der Waals surface area contributed by atoms with Gasteiger partial charge in [-0.05, 0) is 26.7 Å². The van der Waals surface area contributed by atoms with Gasteiger partial charge in [0.05, 0.1) is 17.5 Å². The summed E-state index contributed by atoms with van der Waals surface area (Å²) in [6, 6.07) is 2.33. The number of hydrogen-bond donors (Lipinski definition) is 1. The van der Waals surface area contributed by atoms with E-state index >= 15 is 0 Å². The molecule has 1 aliphatic rings. The Labute approximate surface area is 123 Å². The molecule has 1 aromatic heterocycles. The Kier molecular flexibility index (Phi) is 4.75. The molecule has 0 atom stereocenters. The van der Waals surface area contributed by atoms with Gasteiger partial charge in [-0.25, -0.2) is 4.68 Å². The van der Waals surface area contributed by atoms with E-state index in [1.165, 1.54) is 0 Å². The van der Waals surface area contributed by atoms with Crippen molar-refractivity contribution in [1.29, 1.82) is 5.26 Å². The largest absolute Gasteiger partial charge is 0.362 e. The summed E-state index contributed by atoms with van der Waals surface area (Å²) >= 11 is 0. The summed E-state index contributed by atoms with van der Waals surface area (Å²) in [5.74, 6) is 0.499. The molecule has 0 amide bonds. The summed E-state index contributed by atoms with van der Waals surface area (Å²) in [6.45, 7) is 6.27. The van der Waals surface area contributed by atoms with Gasteiger partial charge in [0.1, 0.15) is 5.69 Å². The van der Waals surface area contributed by atoms with Gasteiger partial charge in [0.25, 0.3) is 0 Å². The van der Waals surface area contributed by atoms with E-state index < -0.39 is 0 Å². The van der Waals surface area contributed by atoms with E-state index in [0.29, 0.717) is 24.6 Å². The quantitative estimate of drug-likeness (QED) is 0.501. The van der Waals surface area contributed by atoms with Gasteiger partial charge >= 0.3 is 5.69 Å². The average molecular weight is 292 g/mol. The lowest BCUT2D eigenvalue weighted by atomic mass is 10.1. The topological polar surface area (TPSA) is 100 Å². The molecule has 114 valence electrons. The highest BCUT2D eigenvalue weighted by Gasteiger charge is 2.28. The highest BCUT2D eigenvalue weighted by molar-refractivity contribution is 5.60. The predicted octanol–water partition coefficient (Wildman–Crippen LogP) is 1.52. The number of aryl methyl sites for hydroxylation is 2. The molecule has 0 aliphatic carbocycles. The Hall–Kier alpha value is -2.14. The van der Waals surface area contributed by atoms with Gasteiger partial charge in [0.2, 0.25) is 5.82 Å². The molecule has 1 saturated heterocycles. The third kappa shape index (κ3) is 3.31. The van der Waals surface area contributed by atoms with Crippen molar-refractivity contribution in [2.24, 2.45) is 0 Å². The maximum absolute atomic E-state index is 11.2. The molecule has 0 radical (unpaired) electrons. The maximum Gasteiger partial charge on any atom is 0.333 e. The molecular weight excluding hydrogens is 272 g/mol. The zero-order valence-electron chi connectivity index (χ0n) is 12.4. The second-order valence-electron chi connectivity index (χ2n) is 5.21. The van der Waals surface area contributed by atoms with Crippen LogP contribution in [0, 0.1) is 28.4 Å². The van der Waals surface area contributed by atoms with Crippen LogP contribution in [-0.4, -0.2) is 45.3 Å². The minimum atomic E-state index is -0.373. The molecule has 1 N–H and O–H groups in total. The molecule has 1 aliphatic heterocycles. The fourth-order valence-electron chi connectivity index (χ4n) is 2.69. The Bertz CT molecular complexity index is 554. The zero-order valence-corrected chi connectivity index (χ0v) is 12.4. The monoisotopic (exact) mass is 292 g/mol. The first-order valence-corrected chi connectivity index (χ1v) is 7.14. The molecule has 1 fully saturated rings. The normalized spacial score (nSPS) is 16.6. The van der Waals surface area contributed by atoms with E-state index in [4.69, 9.17) is 5.26 Å². The molecule has 8 nitrogen and oxygen atoms in total. The number of piperidine rings is 1. The van der Waals surface area contributed by atoms with Crippen molar-refractivity contribution in [3.63, 3.8) is 0 Å². The smallest absolute Gasteiger partial charge is 0.333 e. The van der Waals surface area contributed by atoms with Gasteiger partial charge in [0, 0.05) is 25.7 Å². The Morgan fingerprint density at radius 3 is 2.71 bits per heavy atom. The van der Waals surface area contributed by atoms with Gasteiger partial charge in [-0.1, -0.05) is 0 Å². The van der Waals surface area contributed by atoms with Crippen molar-refractivity contribution in [1.82, 2.24) is 14.7 Å². The number of likely N-dealkylation sites (tertiary alicyclic amines) is 1. The molecule has 8 heteroatoms. The minimum Gasteiger partial charge on any atom is -0.362 e. The zero-order chi connectivity index (χ0) is 15.4. The molecule has 2 rings (SSSR count). The summed E-state index contributed by atoms with van der Waals surface area (Å²) in [5, 5.41) is 27.4. The molecule has 2 heterocycles. The van der Waals surface area contributed by atoms with E-state index in [1.807, 2.05) is 6.92 Å². The first-order chi connectivity index (χ1) is 10.1. The van der Waals surface area contributed by atoms with Gasteiger partial charge in [-0.15, -0.1) is 0 Å². The molecule has 21 heavy (non-hydrogen) atoms. The highest BCUT2D eigenvalue weighted by atomic mass is 16.6. The summed E-state index contributed by atoms with van der Waals surface area (Å²) in [4.78, 5) is 12.9. The van der Waals surface area contributed by atoms with Crippen LogP contribution in [0.5, 0.6) is 0 Å². The lowest BCUT2D eigenvalue weighted by Crippen LogP contribution is -2.39. The van der Waals surface area contributed by atoms with Crippen molar-refractivity contribution < 1.29 is 4.92 Å². The van der Waals surface area contributed by atoms with E-state index in [9.17, 15) is 10.1 Å². The molecule has 0 aromatic carbocycles. The van der Waals surface area contributed by atoms with Crippen LogP contribution in [0.3, 0.4) is 0 Å². The van der Waals surface area contributed by atoms with Crippen LogP contribution in [0.15, 0.2) is 0 Å². The Morgan fingerprint density at radius 1 is 1.52 bits per heavy atom. The molecule has 0 unspecified atom stereocenters. The standard InChI is InChI=1S/C13H20N6O2/c1-3-18-13(12(19(20)21)10(2)16-18)15-11-4-7-17(8-5-11)9-6-14/h11,15H,3-5,7-9H2,1-2H3. The number of nitrogens with one attached hydrogen (secondary N) is 1. The molecular formula is C13H20N6O2. The molecule has 0 spiro atoms. The second kappa shape index (κ2) is 6.54. The van der Waals surface area contributed by atoms with Crippen molar-refractivity contribution in [2.75, 3.05) is 25.0 Å². The third-order valence-corrected chi connectivity index (χ3v) is 3.80. The van der Waals surface area contributed by atoms with Gasteiger partial charge in [0.15, 0.2) is 0 Å². The number of hydrogen-bond acceptors (Lipinski definition) is 6. The number of nitrogens with zero attached hydrogens (tertiary/aromatic N) is 5. The number of anilines is 1.